The van der Waals surface area contributed by atoms with Gasteiger partial charge in [-0.1, -0.05) is 24.9 Å². The largest absolute Gasteiger partial charge is 0.355 e. The Bertz CT molecular complexity index is 543. The molecule has 1 N–H and O–H groups in total. The minimum Gasteiger partial charge on any atom is -0.355 e. The monoisotopic (exact) mass is 318 g/mol. The van der Waals surface area contributed by atoms with E-state index >= 15 is 0 Å². The van der Waals surface area contributed by atoms with Crippen LogP contribution in [0.4, 0.5) is 5.69 Å². The van der Waals surface area contributed by atoms with Gasteiger partial charge in [0.15, 0.2) is 0 Å². The Kier molecular flexibility index (Phi) is 6.29. The van der Waals surface area contributed by atoms with Crippen molar-refractivity contribution < 1.29 is 13.2 Å². The highest BCUT2D eigenvalue weighted by Crippen LogP contribution is 2.20. The Morgan fingerprint density at radius 2 is 1.90 bits per heavy atom. The van der Waals surface area contributed by atoms with Gasteiger partial charge in [-0.3, -0.25) is 9.10 Å². The van der Waals surface area contributed by atoms with Crippen molar-refractivity contribution >= 4 is 33.2 Å². The third-order valence-corrected chi connectivity index (χ3v) is 4.05. The number of sulfonamides is 1. The Morgan fingerprint density at radius 3 is 2.40 bits per heavy atom. The maximum absolute atomic E-state index is 11.8. The lowest BCUT2D eigenvalue weighted by molar-refractivity contribution is -0.119. The number of hydrogen-bond donors (Lipinski definition) is 1. The number of nitrogens with zero attached hydrogens (tertiary/aromatic N) is 1. The molecule has 0 bridgehead atoms. The van der Waals surface area contributed by atoms with Crippen molar-refractivity contribution in [3.63, 3.8) is 0 Å². The molecule has 1 aromatic carbocycles. The van der Waals surface area contributed by atoms with Gasteiger partial charge in [0.05, 0.1) is 11.9 Å². The number of hydrogen-bond acceptors (Lipinski definition) is 3. The molecule has 0 aromatic heterocycles. The van der Waals surface area contributed by atoms with Crippen molar-refractivity contribution in [2.24, 2.45) is 0 Å². The molecule has 0 unspecified atom stereocenters. The number of carbonyl (C=O) groups excluding carboxylic acids is 1. The number of benzene rings is 1. The maximum Gasteiger partial charge on any atom is 0.240 e. The van der Waals surface area contributed by atoms with Crippen LogP contribution in [-0.4, -0.2) is 33.7 Å². The average molecular weight is 319 g/mol. The van der Waals surface area contributed by atoms with Gasteiger partial charge in [0.25, 0.3) is 0 Å². The Labute approximate surface area is 125 Å². The fraction of sp³-hybridized carbons (Fsp3) is 0.462. The summed E-state index contributed by atoms with van der Waals surface area (Å²) in [5.74, 6) is -0.321. The lowest BCUT2D eigenvalue weighted by atomic mass is 10.3. The van der Waals surface area contributed by atoms with Gasteiger partial charge >= 0.3 is 0 Å². The molecule has 0 radical (unpaired) electrons. The van der Waals surface area contributed by atoms with Crippen LogP contribution in [0, 0.1) is 0 Å². The first-order chi connectivity index (χ1) is 9.34. The molecule has 0 saturated heterocycles. The third-order valence-electron chi connectivity index (χ3n) is 2.65. The molecule has 5 nitrogen and oxygen atoms in total. The smallest absolute Gasteiger partial charge is 0.240 e. The second kappa shape index (κ2) is 7.50. The first-order valence-electron chi connectivity index (χ1n) is 6.34. The van der Waals surface area contributed by atoms with E-state index < -0.39 is 10.0 Å². The van der Waals surface area contributed by atoms with Crippen molar-refractivity contribution in [1.82, 2.24) is 5.32 Å². The summed E-state index contributed by atoms with van der Waals surface area (Å²) in [5.41, 5.74) is 0.419. The summed E-state index contributed by atoms with van der Waals surface area (Å²) in [5, 5.41) is 3.21. The predicted molar refractivity (Wildman–Crippen MR) is 81.6 cm³/mol. The summed E-state index contributed by atoms with van der Waals surface area (Å²) in [7, 11) is -3.53. The summed E-state index contributed by atoms with van der Waals surface area (Å²) in [6, 6.07) is 6.32. The van der Waals surface area contributed by atoms with Gasteiger partial charge in [-0.25, -0.2) is 8.42 Å². The highest BCUT2D eigenvalue weighted by molar-refractivity contribution is 7.92. The molecule has 0 spiro atoms. The van der Waals surface area contributed by atoms with Crippen LogP contribution in [-0.2, 0) is 14.8 Å². The fourth-order valence-corrected chi connectivity index (χ4v) is 2.58. The summed E-state index contributed by atoms with van der Waals surface area (Å²) >= 11 is 5.77. The minimum atomic E-state index is -3.53. The SMILES string of the molecule is CCCCNC(=O)CN(c1ccc(Cl)cc1)S(C)(=O)=O. The molecular formula is C13H19ClN2O3S. The standard InChI is InChI=1S/C13H19ClN2O3S/c1-3-4-9-15-13(17)10-16(20(2,18)19)12-7-5-11(14)6-8-12/h5-8H,3-4,9-10H2,1-2H3,(H,15,17). The molecule has 7 heteroatoms. The van der Waals surface area contributed by atoms with E-state index in [4.69, 9.17) is 11.6 Å². The van der Waals surface area contributed by atoms with Gasteiger partial charge in [-0.2, -0.15) is 0 Å². The normalized spacial score (nSPS) is 11.2. The molecule has 20 heavy (non-hydrogen) atoms. The van der Waals surface area contributed by atoms with E-state index in [-0.39, 0.29) is 12.5 Å². The van der Waals surface area contributed by atoms with Crippen molar-refractivity contribution in [1.29, 1.82) is 0 Å². The van der Waals surface area contributed by atoms with E-state index in [0.717, 1.165) is 23.4 Å². The molecule has 0 atom stereocenters. The topological polar surface area (TPSA) is 66.5 Å². The highest BCUT2D eigenvalue weighted by atomic mass is 35.5. The molecule has 1 rings (SSSR count). The van der Waals surface area contributed by atoms with E-state index in [1.54, 1.807) is 24.3 Å². The number of carbonyl (C=O) groups is 1. The summed E-state index contributed by atoms with van der Waals surface area (Å²) in [6.07, 6.45) is 2.90. The van der Waals surface area contributed by atoms with Gasteiger partial charge in [0, 0.05) is 11.6 Å². The van der Waals surface area contributed by atoms with Gasteiger partial charge in [-0.15, -0.1) is 0 Å². The zero-order valence-corrected chi connectivity index (χ0v) is 13.2. The number of halogens is 1. The van der Waals surface area contributed by atoms with E-state index in [0.29, 0.717) is 17.3 Å². The zero-order chi connectivity index (χ0) is 15.2. The molecule has 0 aliphatic heterocycles. The van der Waals surface area contributed by atoms with E-state index in [9.17, 15) is 13.2 Å². The molecule has 0 aliphatic rings. The number of anilines is 1. The zero-order valence-electron chi connectivity index (χ0n) is 11.6. The Hall–Kier alpha value is -1.27. The van der Waals surface area contributed by atoms with Crippen molar-refractivity contribution in [2.45, 2.75) is 19.8 Å². The van der Waals surface area contributed by atoms with Gasteiger partial charge < -0.3 is 5.32 Å². The van der Waals surface area contributed by atoms with E-state index in [1.807, 2.05) is 6.92 Å². The van der Waals surface area contributed by atoms with Crippen molar-refractivity contribution in [2.75, 3.05) is 23.7 Å². The molecule has 0 saturated carbocycles. The summed E-state index contributed by atoms with van der Waals surface area (Å²) < 4.78 is 24.7. The van der Waals surface area contributed by atoms with Gasteiger partial charge in [-0.05, 0) is 30.7 Å². The molecule has 112 valence electrons. The van der Waals surface area contributed by atoms with Crippen LogP contribution in [0.3, 0.4) is 0 Å². The first-order valence-corrected chi connectivity index (χ1v) is 8.57. The average Bonchev–Trinajstić information content (AvgIpc) is 2.36. The van der Waals surface area contributed by atoms with E-state index in [1.165, 1.54) is 0 Å². The number of amides is 1. The summed E-state index contributed by atoms with van der Waals surface area (Å²) in [6.45, 7) is 2.33. The van der Waals surface area contributed by atoms with Gasteiger partial charge in [0.1, 0.15) is 6.54 Å². The van der Waals surface area contributed by atoms with E-state index in [2.05, 4.69) is 5.32 Å². The van der Waals surface area contributed by atoms with Crippen LogP contribution in [0.1, 0.15) is 19.8 Å². The number of unbranched alkanes of at least 4 members (excludes halogenated alkanes) is 1. The van der Waals surface area contributed by atoms with Crippen LogP contribution < -0.4 is 9.62 Å². The molecule has 0 heterocycles. The first kappa shape index (κ1) is 16.8. The van der Waals surface area contributed by atoms with Crippen molar-refractivity contribution in [3.8, 4) is 0 Å². The Balaban J connectivity index is 2.81. The molecule has 1 amide bonds. The molecular weight excluding hydrogens is 300 g/mol. The van der Waals surface area contributed by atoms with Crippen LogP contribution >= 0.6 is 11.6 Å². The molecule has 0 fully saturated rings. The van der Waals surface area contributed by atoms with Crippen LogP contribution in [0.5, 0.6) is 0 Å². The number of nitrogens with one attached hydrogen (secondary N) is 1. The second-order valence-corrected chi connectivity index (χ2v) is 6.79. The van der Waals surface area contributed by atoms with Crippen molar-refractivity contribution in [3.05, 3.63) is 29.3 Å². The lowest BCUT2D eigenvalue weighted by Gasteiger charge is -2.21. The van der Waals surface area contributed by atoms with Crippen LogP contribution in [0.25, 0.3) is 0 Å². The highest BCUT2D eigenvalue weighted by Gasteiger charge is 2.20. The summed E-state index contributed by atoms with van der Waals surface area (Å²) in [4.78, 5) is 11.8. The van der Waals surface area contributed by atoms with Crippen LogP contribution in [0.2, 0.25) is 5.02 Å². The fourth-order valence-electron chi connectivity index (χ4n) is 1.60. The van der Waals surface area contributed by atoms with Crippen LogP contribution in [0.15, 0.2) is 24.3 Å². The minimum absolute atomic E-state index is 0.232. The molecule has 0 aliphatic carbocycles. The molecule has 1 aromatic rings. The van der Waals surface area contributed by atoms with Gasteiger partial charge in [0.2, 0.25) is 15.9 Å². The third kappa shape index (κ3) is 5.38. The second-order valence-electron chi connectivity index (χ2n) is 4.45. The quantitative estimate of drug-likeness (QED) is 0.782. The Morgan fingerprint density at radius 1 is 1.30 bits per heavy atom. The predicted octanol–water partition coefficient (Wildman–Crippen LogP) is 2.02. The maximum atomic E-state index is 11.8. The lowest BCUT2D eigenvalue weighted by Crippen LogP contribution is -2.40. The number of rotatable bonds is 7.